The van der Waals surface area contributed by atoms with Crippen LogP contribution < -0.4 is 5.32 Å². The van der Waals surface area contributed by atoms with Crippen LogP contribution in [0.1, 0.15) is 86.2 Å². The zero-order valence-corrected chi connectivity index (χ0v) is 21.8. The summed E-state index contributed by atoms with van der Waals surface area (Å²) in [6.45, 7) is 4.93. The average Bonchev–Trinajstić information content (AvgIpc) is 3.46. The summed E-state index contributed by atoms with van der Waals surface area (Å²) in [5.74, 6) is 1.78. The molecule has 35 heavy (non-hydrogen) atoms. The fraction of sp³-hybridized carbons (Fsp3) is 0.645. The Morgan fingerprint density at radius 1 is 1.06 bits per heavy atom. The summed E-state index contributed by atoms with van der Waals surface area (Å²) in [7, 11) is 2.21. The standard InChI is InChI=1S/C31H43N3O/c1-22-18-26-28(33(22)2)14-9-16-31(26)21-32-20-27(31)30(35)34-17-15-25(23-10-5-3-6-11-23)19-29(34)24-12-7-4-8-13-24/h3,5-6,10-11,18,24-25,27,29,32H,4,7-9,12-17,19-21H2,1-2H3/t25-,27?,29+,31+/m1/s1. The van der Waals surface area contributed by atoms with Crippen molar-refractivity contribution >= 4 is 5.91 Å². The number of hydrogen-bond donors (Lipinski definition) is 1. The van der Waals surface area contributed by atoms with E-state index >= 15 is 0 Å². The van der Waals surface area contributed by atoms with Crippen LogP contribution >= 0.6 is 0 Å². The number of piperidine rings is 1. The van der Waals surface area contributed by atoms with Crippen LogP contribution in [-0.4, -0.2) is 41.1 Å². The molecule has 2 aliphatic carbocycles. The number of nitrogens with one attached hydrogen (secondary N) is 1. The molecule has 1 aromatic heterocycles. The Labute approximate surface area is 211 Å². The minimum absolute atomic E-state index is 0.0237. The summed E-state index contributed by atoms with van der Waals surface area (Å²) >= 11 is 0. The molecular formula is C31H43N3O. The summed E-state index contributed by atoms with van der Waals surface area (Å²) in [5.41, 5.74) is 5.72. The van der Waals surface area contributed by atoms with Gasteiger partial charge < -0.3 is 14.8 Å². The van der Waals surface area contributed by atoms with Crippen molar-refractivity contribution in [3.63, 3.8) is 0 Å². The Morgan fingerprint density at radius 3 is 2.66 bits per heavy atom. The van der Waals surface area contributed by atoms with E-state index in [1.54, 1.807) is 0 Å². The first kappa shape index (κ1) is 23.3. The van der Waals surface area contributed by atoms with Crippen LogP contribution in [-0.2, 0) is 23.7 Å². The molecule has 2 aliphatic heterocycles. The van der Waals surface area contributed by atoms with Crippen LogP contribution in [0.4, 0.5) is 0 Å². The Hall–Kier alpha value is -2.07. The van der Waals surface area contributed by atoms with Crippen LogP contribution in [0.5, 0.6) is 0 Å². The normalized spacial score (nSPS) is 31.6. The van der Waals surface area contributed by atoms with Crippen LogP contribution in [0.2, 0.25) is 0 Å². The third kappa shape index (κ3) is 3.97. The Bertz CT molecular complexity index is 1050. The molecule has 6 rings (SSSR count). The predicted molar refractivity (Wildman–Crippen MR) is 142 cm³/mol. The molecule has 1 N–H and O–H groups in total. The number of nitrogens with zero attached hydrogens (tertiary/aromatic N) is 2. The quantitative estimate of drug-likeness (QED) is 0.641. The molecule has 2 aromatic rings. The second kappa shape index (κ2) is 9.42. The number of hydrogen-bond acceptors (Lipinski definition) is 2. The summed E-state index contributed by atoms with van der Waals surface area (Å²) in [6.07, 6.45) is 12.4. The second-order valence-corrected chi connectivity index (χ2v) is 12.0. The van der Waals surface area contributed by atoms with Crippen LogP contribution in [0.15, 0.2) is 36.4 Å². The highest BCUT2D eigenvalue weighted by Crippen LogP contribution is 2.48. The predicted octanol–water partition coefficient (Wildman–Crippen LogP) is 5.48. The Kier molecular flexibility index (Phi) is 6.28. The molecule has 1 saturated carbocycles. The lowest BCUT2D eigenvalue weighted by molar-refractivity contribution is -0.143. The molecular weight excluding hydrogens is 430 g/mol. The van der Waals surface area contributed by atoms with Crippen molar-refractivity contribution in [3.05, 3.63) is 58.9 Å². The number of carbonyl (C=O) groups excluding carboxylic acids is 1. The summed E-state index contributed by atoms with van der Waals surface area (Å²) in [4.78, 5) is 17.0. The van der Waals surface area contributed by atoms with Crippen molar-refractivity contribution in [3.8, 4) is 0 Å². The van der Waals surface area contributed by atoms with Gasteiger partial charge in [0.05, 0.1) is 5.92 Å². The van der Waals surface area contributed by atoms with E-state index in [2.05, 4.69) is 65.2 Å². The molecule has 4 aliphatic rings. The molecule has 188 valence electrons. The minimum Gasteiger partial charge on any atom is -0.352 e. The molecule has 1 spiro atoms. The average molecular weight is 474 g/mol. The first-order chi connectivity index (χ1) is 17.1. The Balaban J connectivity index is 1.31. The molecule has 4 heteroatoms. The highest BCUT2D eigenvalue weighted by atomic mass is 16.2. The number of fused-ring (bicyclic) bond motifs is 2. The topological polar surface area (TPSA) is 37.3 Å². The SMILES string of the molecule is Cc1cc2c(n1C)CCC[C@]21CNCC1C(=O)N1CC[C@@H](c2ccccc2)C[C@H]1C1CCCCC1. The molecule has 1 aromatic carbocycles. The lowest BCUT2D eigenvalue weighted by Gasteiger charge is -2.47. The van der Waals surface area contributed by atoms with E-state index < -0.39 is 0 Å². The van der Waals surface area contributed by atoms with Gasteiger partial charge in [-0.25, -0.2) is 0 Å². The molecule has 4 atom stereocenters. The second-order valence-electron chi connectivity index (χ2n) is 12.0. The van der Waals surface area contributed by atoms with Crippen molar-refractivity contribution in [1.29, 1.82) is 0 Å². The fourth-order valence-electron chi connectivity index (χ4n) is 8.31. The van der Waals surface area contributed by atoms with E-state index in [0.717, 1.165) is 45.3 Å². The largest absolute Gasteiger partial charge is 0.352 e. The molecule has 0 radical (unpaired) electrons. The Morgan fingerprint density at radius 2 is 1.86 bits per heavy atom. The molecule has 3 heterocycles. The highest BCUT2D eigenvalue weighted by Gasteiger charge is 2.53. The van der Waals surface area contributed by atoms with Gasteiger partial charge in [0.25, 0.3) is 0 Å². The number of aromatic nitrogens is 1. The van der Waals surface area contributed by atoms with Gasteiger partial charge in [-0.15, -0.1) is 0 Å². The summed E-state index contributed by atoms with van der Waals surface area (Å²) in [6, 6.07) is 13.9. The maximum absolute atomic E-state index is 14.6. The van der Waals surface area contributed by atoms with Gasteiger partial charge in [-0.2, -0.15) is 0 Å². The van der Waals surface area contributed by atoms with E-state index in [1.807, 2.05) is 0 Å². The molecule has 1 unspecified atom stereocenters. The van der Waals surface area contributed by atoms with Crippen LogP contribution in [0.3, 0.4) is 0 Å². The minimum atomic E-state index is -0.0237. The number of benzene rings is 1. The van der Waals surface area contributed by atoms with Crippen molar-refractivity contribution in [1.82, 2.24) is 14.8 Å². The maximum atomic E-state index is 14.6. The molecule has 1 amide bonds. The van der Waals surface area contributed by atoms with Gasteiger partial charge >= 0.3 is 0 Å². The number of rotatable bonds is 3. The van der Waals surface area contributed by atoms with Gasteiger partial charge in [0.15, 0.2) is 0 Å². The van der Waals surface area contributed by atoms with Gasteiger partial charge in [0, 0.05) is 49.5 Å². The van der Waals surface area contributed by atoms with Gasteiger partial charge in [0.2, 0.25) is 5.91 Å². The first-order valence-electron chi connectivity index (χ1n) is 14.3. The van der Waals surface area contributed by atoms with E-state index in [4.69, 9.17) is 0 Å². The van der Waals surface area contributed by atoms with Gasteiger partial charge in [-0.3, -0.25) is 4.79 Å². The zero-order chi connectivity index (χ0) is 24.0. The van der Waals surface area contributed by atoms with Crippen molar-refractivity contribution < 1.29 is 4.79 Å². The number of carbonyl (C=O) groups is 1. The smallest absolute Gasteiger partial charge is 0.228 e. The van der Waals surface area contributed by atoms with E-state index in [1.165, 1.54) is 61.0 Å². The van der Waals surface area contributed by atoms with Gasteiger partial charge in [-0.1, -0.05) is 49.6 Å². The van der Waals surface area contributed by atoms with Crippen molar-refractivity contribution in [2.75, 3.05) is 19.6 Å². The third-order valence-electron chi connectivity index (χ3n) is 10.3. The van der Waals surface area contributed by atoms with Crippen molar-refractivity contribution in [2.45, 2.75) is 88.5 Å². The van der Waals surface area contributed by atoms with E-state index in [-0.39, 0.29) is 11.3 Å². The van der Waals surface area contributed by atoms with Gasteiger partial charge in [0.1, 0.15) is 0 Å². The molecule has 3 fully saturated rings. The van der Waals surface area contributed by atoms with E-state index in [0.29, 0.717) is 23.8 Å². The monoisotopic (exact) mass is 473 g/mol. The maximum Gasteiger partial charge on any atom is 0.228 e. The molecule has 4 nitrogen and oxygen atoms in total. The highest BCUT2D eigenvalue weighted by molar-refractivity contribution is 5.82. The first-order valence-corrected chi connectivity index (χ1v) is 14.3. The van der Waals surface area contributed by atoms with Crippen LogP contribution in [0, 0.1) is 18.8 Å². The lowest BCUT2D eigenvalue weighted by atomic mass is 9.65. The van der Waals surface area contributed by atoms with E-state index in [9.17, 15) is 4.79 Å². The number of aryl methyl sites for hydroxylation is 1. The number of likely N-dealkylation sites (tertiary alicyclic amines) is 1. The summed E-state index contributed by atoms with van der Waals surface area (Å²) < 4.78 is 2.38. The fourth-order valence-corrected chi connectivity index (χ4v) is 8.31. The molecule has 2 saturated heterocycles. The lowest BCUT2D eigenvalue weighted by Crippen LogP contribution is -2.55. The van der Waals surface area contributed by atoms with Crippen molar-refractivity contribution in [2.24, 2.45) is 18.9 Å². The molecule has 0 bridgehead atoms. The number of amides is 1. The summed E-state index contributed by atoms with van der Waals surface area (Å²) in [5, 5.41) is 3.69. The third-order valence-corrected chi connectivity index (χ3v) is 10.3. The van der Waals surface area contributed by atoms with Gasteiger partial charge in [-0.05, 0) is 80.9 Å². The van der Waals surface area contributed by atoms with Crippen LogP contribution in [0.25, 0.3) is 0 Å². The zero-order valence-electron chi connectivity index (χ0n) is 21.8.